The Morgan fingerprint density at radius 1 is 1.78 bits per heavy atom. The molecule has 0 rings (SSSR count). The zero-order valence-electron chi connectivity index (χ0n) is 5.81. The van der Waals surface area contributed by atoms with Crippen LogP contribution in [0.5, 0.6) is 0 Å². The summed E-state index contributed by atoms with van der Waals surface area (Å²) < 4.78 is 4.16. The van der Waals surface area contributed by atoms with E-state index in [1.165, 1.54) is 6.08 Å². The minimum absolute atomic E-state index is 0.380. The Labute approximate surface area is 55.5 Å². The summed E-state index contributed by atoms with van der Waals surface area (Å²) in [4.78, 5) is 10.4. The van der Waals surface area contributed by atoms with Crippen molar-refractivity contribution in [1.82, 2.24) is 0 Å². The third kappa shape index (κ3) is 3.76. The molecular formula is C7H11O2. The van der Waals surface area contributed by atoms with Crippen LogP contribution < -0.4 is 0 Å². The van der Waals surface area contributed by atoms with Crippen molar-refractivity contribution < 1.29 is 9.53 Å². The van der Waals surface area contributed by atoms with Gasteiger partial charge in [0.05, 0.1) is 0 Å². The monoisotopic (exact) mass is 127 g/mol. The largest absolute Gasteiger partial charge is 0.459 e. The summed E-state index contributed by atoms with van der Waals surface area (Å²) in [5.41, 5.74) is 1.00. The minimum atomic E-state index is -0.380. The summed E-state index contributed by atoms with van der Waals surface area (Å²) in [6, 6.07) is 0. The lowest BCUT2D eigenvalue weighted by Gasteiger charge is -1.92. The molecular weight excluding hydrogens is 116 g/mol. The van der Waals surface area contributed by atoms with Crippen molar-refractivity contribution in [3.05, 3.63) is 18.8 Å². The first kappa shape index (κ1) is 8.21. The molecule has 0 amide bonds. The number of esters is 1. The summed E-state index contributed by atoms with van der Waals surface area (Å²) in [6.07, 6.45) is 2.31. The first-order valence-electron chi connectivity index (χ1n) is 2.83. The van der Waals surface area contributed by atoms with Crippen molar-refractivity contribution in [3.63, 3.8) is 0 Å². The fraction of sp³-hybridized carbons (Fsp3) is 0.429. The van der Waals surface area contributed by atoms with Crippen LogP contribution in [0.25, 0.3) is 0 Å². The Balaban J connectivity index is 3.79. The summed E-state index contributed by atoms with van der Waals surface area (Å²) in [6.45, 7) is 3.85. The first-order chi connectivity index (χ1) is 4.20. The molecule has 0 aromatic rings. The van der Waals surface area contributed by atoms with Crippen molar-refractivity contribution in [1.29, 1.82) is 0 Å². The van der Waals surface area contributed by atoms with Crippen LogP contribution in [0.15, 0.2) is 11.6 Å². The SMILES string of the molecule is [CH2]OC(=O)/C=C(\C)CC. The lowest BCUT2D eigenvalue weighted by molar-refractivity contribution is -0.132. The van der Waals surface area contributed by atoms with Crippen molar-refractivity contribution in [2.75, 3.05) is 0 Å². The lowest BCUT2D eigenvalue weighted by Crippen LogP contribution is -1.93. The number of hydrogen-bond donors (Lipinski definition) is 0. The first-order valence-corrected chi connectivity index (χ1v) is 2.83. The van der Waals surface area contributed by atoms with Crippen molar-refractivity contribution in [3.8, 4) is 0 Å². The predicted octanol–water partition coefficient (Wildman–Crippen LogP) is 1.68. The van der Waals surface area contributed by atoms with Crippen molar-refractivity contribution in [2.24, 2.45) is 0 Å². The van der Waals surface area contributed by atoms with Gasteiger partial charge in [-0.05, 0) is 13.3 Å². The zero-order valence-corrected chi connectivity index (χ0v) is 5.81. The molecule has 0 N–H and O–H groups in total. The third-order valence-electron chi connectivity index (χ3n) is 1.06. The summed E-state index contributed by atoms with van der Waals surface area (Å²) in [5.74, 6) is -0.380. The van der Waals surface area contributed by atoms with Crippen LogP contribution in [0.2, 0.25) is 0 Å². The highest BCUT2D eigenvalue weighted by atomic mass is 16.5. The van der Waals surface area contributed by atoms with Crippen LogP contribution in [-0.2, 0) is 9.53 Å². The quantitative estimate of drug-likeness (QED) is 0.416. The highest BCUT2D eigenvalue weighted by Crippen LogP contribution is 1.97. The van der Waals surface area contributed by atoms with E-state index < -0.39 is 0 Å². The van der Waals surface area contributed by atoms with Crippen LogP contribution in [0.4, 0.5) is 0 Å². The average molecular weight is 127 g/mol. The molecule has 0 aromatic carbocycles. The molecule has 0 atom stereocenters. The van der Waals surface area contributed by atoms with E-state index in [-0.39, 0.29) is 5.97 Å². The molecule has 0 aliphatic carbocycles. The van der Waals surface area contributed by atoms with Gasteiger partial charge in [-0.1, -0.05) is 12.5 Å². The number of rotatable bonds is 2. The zero-order chi connectivity index (χ0) is 7.28. The molecule has 1 radical (unpaired) electrons. The van der Waals surface area contributed by atoms with Crippen molar-refractivity contribution in [2.45, 2.75) is 20.3 Å². The Morgan fingerprint density at radius 3 is 2.67 bits per heavy atom. The van der Waals surface area contributed by atoms with E-state index in [4.69, 9.17) is 0 Å². The maximum Gasteiger partial charge on any atom is 0.330 e. The van der Waals surface area contributed by atoms with Gasteiger partial charge in [-0.2, -0.15) is 0 Å². The van der Waals surface area contributed by atoms with E-state index in [1.807, 2.05) is 13.8 Å². The molecule has 2 nitrogen and oxygen atoms in total. The van der Waals surface area contributed by atoms with Gasteiger partial charge in [0, 0.05) is 6.08 Å². The van der Waals surface area contributed by atoms with Crippen LogP contribution in [0.1, 0.15) is 20.3 Å². The maximum absolute atomic E-state index is 10.4. The fourth-order valence-corrected chi connectivity index (χ4v) is 0.345. The van der Waals surface area contributed by atoms with Gasteiger partial charge in [0.15, 0.2) is 0 Å². The Hall–Kier alpha value is -0.790. The number of carbonyl (C=O) groups excluding carboxylic acids is 1. The van der Waals surface area contributed by atoms with Crippen LogP contribution in [0, 0.1) is 7.11 Å². The number of hydrogen-bond acceptors (Lipinski definition) is 2. The summed E-state index contributed by atoms with van der Waals surface area (Å²) in [7, 11) is 2.98. The fourth-order valence-electron chi connectivity index (χ4n) is 0.345. The van der Waals surface area contributed by atoms with E-state index in [9.17, 15) is 4.79 Å². The average Bonchev–Trinajstić information content (AvgIpc) is 1.87. The van der Waals surface area contributed by atoms with Crippen LogP contribution >= 0.6 is 0 Å². The summed E-state index contributed by atoms with van der Waals surface area (Å²) in [5, 5.41) is 0. The van der Waals surface area contributed by atoms with Crippen LogP contribution in [0.3, 0.4) is 0 Å². The second kappa shape index (κ2) is 4.13. The molecule has 0 fully saturated rings. The predicted molar refractivity (Wildman–Crippen MR) is 35.5 cm³/mol. The number of allylic oxidation sites excluding steroid dienone is 1. The Bertz CT molecular complexity index is 125. The van der Waals surface area contributed by atoms with E-state index in [0.717, 1.165) is 12.0 Å². The van der Waals surface area contributed by atoms with Gasteiger partial charge in [-0.3, -0.25) is 0 Å². The molecule has 51 valence electrons. The van der Waals surface area contributed by atoms with Crippen LogP contribution in [-0.4, -0.2) is 5.97 Å². The molecule has 0 saturated carbocycles. The molecule has 9 heavy (non-hydrogen) atoms. The maximum atomic E-state index is 10.4. The number of ether oxygens (including phenoxy) is 1. The Kier molecular flexibility index (Phi) is 3.76. The molecule has 0 aliphatic rings. The van der Waals surface area contributed by atoms with E-state index in [2.05, 4.69) is 11.8 Å². The second-order valence-corrected chi connectivity index (χ2v) is 1.81. The van der Waals surface area contributed by atoms with Gasteiger partial charge in [0.25, 0.3) is 0 Å². The smallest absolute Gasteiger partial charge is 0.330 e. The molecule has 0 aliphatic heterocycles. The normalized spacial score (nSPS) is 11.2. The molecule has 0 bridgehead atoms. The molecule has 0 unspecified atom stereocenters. The highest BCUT2D eigenvalue weighted by molar-refractivity contribution is 5.82. The Morgan fingerprint density at radius 2 is 2.33 bits per heavy atom. The molecule has 0 saturated heterocycles. The highest BCUT2D eigenvalue weighted by Gasteiger charge is 1.92. The van der Waals surface area contributed by atoms with E-state index in [1.54, 1.807) is 0 Å². The lowest BCUT2D eigenvalue weighted by atomic mass is 10.2. The standard InChI is InChI=1S/C7H11O2/c1-4-6(2)5-7(8)9-3/h5H,3-4H2,1-2H3/b6-5+. The second-order valence-electron chi connectivity index (χ2n) is 1.81. The number of carbonyl (C=O) groups is 1. The third-order valence-corrected chi connectivity index (χ3v) is 1.06. The molecule has 0 spiro atoms. The topological polar surface area (TPSA) is 26.3 Å². The minimum Gasteiger partial charge on any atom is -0.459 e. The van der Waals surface area contributed by atoms with Gasteiger partial charge in [0.2, 0.25) is 0 Å². The van der Waals surface area contributed by atoms with Gasteiger partial charge < -0.3 is 4.74 Å². The molecule has 2 heteroatoms. The van der Waals surface area contributed by atoms with Gasteiger partial charge in [0.1, 0.15) is 7.11 Å². The van der Waals surface area contributed by atoms with E-state index >= 15 is 0 Å². The molecule has 0 heterocycles. The van der Waals surface area contributed by atoms with Gasteiger partial charge in [-0.15, -0.1) is 0 Å². The van der Waals surface area contributed by atoms with Gasteiger partial charge in [-0.25, -0.2) is 4.79 Å². The van der Waals surface area contributed by atoms with Gasteiger partial charge >= 0.3 is 5.97 Å². The van der Waals surface area contributed by atoms with Crippen molar-refractivity contribution >= 4 is 5.97 Å². The van der Waals surface area contributed by atoms with E-state index in [0.29, 0.717) is 0 Å². The summed E-state index contributed by atoms with van der Waals surface area (Å²) >= 11 is 0. The molecule has 0 aromatic heterocycles.